The van der Waals surface area contributed by atoms with E-state index in [1.807, 2.05) is 13.8 Å². The number of Topliss-reactive ketones (excluding diaryl/α,β-unsaturated/α-hetero) is 1. The third-order valence-corrected chi connectivity index (χ3v) is 3.43. The van der Waals surface area contributed by atoms with Crippen molar-refractivity contribution in [1.82, 2.24) is 10.2 Å². The van der Waals surface area contributed by atoms with Gasteiger partial charge in [-0.3, -0.25) is 14.5 Å². The molecule has 19 heavy (non-hydrogen) atoms. The Kier molecular flexibility index (Phi) is 5.98. The van der Waals surface area contributed by atoms with Gasteiger partial charge in [-0.05, 0) is 31.6 Å². The highest BCUT2D eigenvalue weighted by Crippen LogP contribution is 2.27. The number of hydrogen-bond donors (Lipinski definition) is 1. The monoisotopic (exact) mass is 268 g/mol. The van der Waals surface area contributed by atoms with Crippen molar-refractivity contribution in [2.75, 3.05) is 13.1 Å². The molecule has 0 radical (unpaired) electrons. The number of hydrogen-bond acceptors (Lipinski definition) is 3. The standard InChI is InChI=1S/C15H28N2O2/c1-10(2)8-17(13-6-7-13)9-14(19)16-15(11(3)4)12(5)18/h10-11,13,15H,6-9H2,1-5H3,(H,16,19). The van der Waals surface area contributed by atoms with Gasteiger partial charge in [0.15, 0.2) is 5.78 Å². The Labute approximate surface area is 116 Å². The van der Waals surface area contributed by atoms with E-state index in [-0.39, 0.29) is 23.7 Å². The second-order valence-electron chi connectivity index (χ2n) is 6.45. The summed E-state index contributed by atoms with van der Waals surface area (Å²) in [4.78, 5) is 25.8. The zero-order valence-corrected chi connectivity index (χ0v) is 12.9. The molecule has 1 aliphatic carbocycles. The quantitative estimate of drug-likeness (QED) is 0.731. The van der Waals surface area contributed by atoms with E-state index in [1.54, 1.807) is 0 Å². The van der Waals surface area contributed by atoms with Gasteiger partial charge in [0.1, 0.15) is 0 Å². The Morgan fingerprint density at radius 3 is 2.16 bits per heavy atom. The fourth-order valence-electron chi connectivity index (χ4n) is 2.39. The van der Waals surface area contributed by atoms with Gasteiger partial charge < -0.3 is 5.32 Å². The summed E-state index contributed by atoms with van der Waals surface area (Å²) in [5.41, 5.74) is 0. The van der Waals surface area contributed by atoms with Crippen LogP contribution in [0.1, 0.15) is 47.5 Å². The molecule has 0 aliphatic heterocycles. The lowest BCUT2D eigenvalue weighted by molar-refractivity contribution is -0.128. The van der Waals surface area contributed by atoms with Gasteiger partial charge in [0.25, 0.3) is 0 Å². The first-order valence-corrected chi connectivity index (χ1v) is 7.35. The minimum absolute atomic E-state index is 0.0264. The van der Waals surface area contributed by atoms with Crippen LogP contribution in [0.5, 0.6) is 0 Å². The average Bonchev–Trinajstić information content (AvgIpc) is 3.07. The van der Waals surface area contributed by atoms with Crippen LogP contribution < -0.4 is 5.32 Å². The zero-order valence-electron chi connectivity index (χ0n) is 12.9. The zero-order chi connectivity index (χ0) is 14.6. The summed E-state index contributed by atoms with van der Waals surface area (Å²) in [7, 11) is 0. The maximum Gasteiger partial charge on any atom is 0.234 e. The maximum atomic E-state index is 12.1. The Bertz CT molecular complexity index is 322. The summed E-state index contributed by atoms with van der Waals surface area (Å²) in [5.74, 6) is 0.703. The second kappa shape index (κ2) is 7.04. The van der Waals surface area contributed by atoms with Crippen LogP contribution >= 0.6 is 0 Å². The van der Waals surface area contributed by atoms with Crippen molar-refractivity contribution >= 4 is 11.7 Å². The molecule has 110 valence electrons. The van der Waals surface area contributed by atoms with Gasteiger partial charge in [-0.2, -0.15) is 0 Å². The molecule has 0 heterocycles. The molecule has 1 N–H and O–H groups in total. The fraction of sp³-hybridized carbons (Fsp3) is 0.867. The molecule has 0 bridgehead atoms. The van der Waals surface area contributed by atoms with Crippen LogP contribution in [0, 0.1) is 11.8 Å². The van der Waals surface area contributed by atoms with E-state index < -0.39 is 0 Å². The molecule has 1 aliphatic rings. The van der Waals surface area contributed by atoms with E-state index in [1.165, 1.54) is 19.8 Å². The van der Waals surface area contributed by atoms with Crippen LogP contribution in [0.2, 0.25) is 0 Å². The van der Waals surface area contributed by atoms with E-state index in [0.717, 1.165) is 6.54 Å². The van der Waals surface area contributed by atoms with E-state index >= 15 is 0 Å². The molecular weight excluding hydrogens is 240 g/mol. The smallest absolute Gasteiger partial charge is 0.234 e. The summed E-state index contributed by atoms with van der Waals surface area (Å²) in [5, 5.41) is 2.87. The molecule has 1 fully saturated rings. The van der Waals surface area contributed by atoms with Gasteiger partial charge in [0.2, 0.25) is 5.91 Å². The second-order valence-corrected chi connectivity index (χ2v) is 6.45. The fourth-order valence-corrected chi connectivity index (χ4v) is 2.39. The van der Waals surface area contributed by atoms with Crippen LogP contribution in [0.25, 0.3) is 0 Å². The van der Waals surface area contributed by atoms with Crippen molar-refractivity contribution in [3.63, 3.8) is 0 Å². The number of carbonyl (C=O) groups excluding carboxylic acids is 2. The first kappa shape index (κ1) is 16.2. The van der Waals surface area contributed by atoms with E-state index in [9.17, 15) is 9.59 Å². The predicted molar refractivity (Wildman–Crippen MR) is 76.9 cm³/mol. The van der Waals surface area contributed by atoms with Crippen LogP contribution in [0.3, 0.4) is 0 Å². The number of nitrogens with zero attached hydrogens (tertiary/aromatic N) is 1. The Hall–Kier alpha value is -0.900. The first-order valence-electron chi connectivity index (χ1n) is 7.35. The Morgan fingerprint density at radius 2 is 1.79 bits per heavy atom. The van der Waals surface area contributed by atoms with E-state index in [2.05, 4.69) is 24.1 Å². The number of amides is 1. The van der Waals surface area contributed by atoms with Crippen molar-refractivity contribution in [3.05, 3.63) is 0 Å². The molecule has 0 aromatic carbocycles. The van der Waals surface area contributed by atoms with Gasteiger partial charge in [-0.15, -0.1) is 0 Å². The molecule has 1 atom stereocenters. The molecule has 1 unspecified atom stereocenters. The van der Waals surface area contributed by atoms with Crippen molar-refractivity contribution in [1.29, 1.82) is 0 Å². The molecule has 0 spiro atoms. The van der Waals surface area contributed by atoms with E-state index in [0.29, 0.717) is 18.5 Å². The van der Waals surface area contributed by atoms with Crippen LogP contribution in [-0.4, -0.2) is 41.8 Å². The van der Waals surface area contributed by atoms with Crippen molar-refractivity contribution in [2.45, 2.75) is 59.5 Å². The topological polar surface area (TPSA) is 49.4 Å². The highest BCUT2D eigenvalue weighted by Gasteiger charge is 2.31. The highest BCUT2D eigenvalue weighted by molar-refractivity contribution is 5.88. The number of rotatable bonds is 8. The van der Waals surface area contributed by atoms with Gasteiger partial charge in [0.05, 0.1) is 12.6 Å². The summed E-state index contributed by atoms with van der Waals surface area (Å²) in [6, 6.07) is 0.218. The molecule has 4 heteroatoms. The lowest BCUT2D eigenvalue weighted by atomic mass is 10.0. The van der Waals surface area contributed by atoms with Gasteiger partial charge in [-0.1, -0.05) is 27.7 Å². The molecule has 1 rings (SSSR count). The highest BCUT2D eigenvalue weighted by atomic mass is 16.2. The van der Waals surface area contributed by atoms with Crippen LogP contribution in [0.4, 0.5) is 0 Å². The molecule has 1 amide bonds. The molecule has 0 aromatic rings. The third-order valence-electron chi connectivity index (χ3n) is 3.43. The van der Waals surface area contributed by atoms with Crippen molar-refractivity contribution in [2.24, 2.45) is 11.8 Å². The van der Waals surface area contributed by atoms with Crippen molar-refractivity contribution in [3.8, 4) is 0 Å². The molecular formula is C15H28N2O2. The summed E-state index contributed by atoms with van der Waals surface area (Å²) < 4.78 is 0. The minimum Gasteiger partial charge on any atom is -0.345 e. The largest absolute Gasteiger partial charge is 0.345 e. The lowest BCUT2D eigenvalue weighted by Crippen LogP contribution is -2.48. The summed E-state index contributed by atoms with van der Waals surface area (Å²) in [6.45, 7) is 11.2. The molecule has 0 aromatic heterocycles. The van der Waals surface area contributed by atoms with Crippen LogP contribution in [0.15, 0.2) is 0 Å². The Balaban J connectivity index is 2.49. The maximum absolute atomic E-state index is 12.1. The van der Waals surface area contributed by atoms with Gasteiger partial charge in [0, 0.05) is 12.6 Å². The number of ketones is 1. The molecule has 4 nitrogen and oxygen atoms in total. The molecule has 0 saturated heterocycles. The lowest BCUT2D eigenvalue weighted by Gasteiger charge is -2.25. The predicted octanol–water partition coefficient (Wildman–Crippen LogP) is 1.84. The Morgan fingerprint density at radius 1 is 1.21 bits per heavy atom. The average molecular weight is 268 g/mol. The van der Waals surface area contributed by atoms with Gasteiger partial charge in [-0.25, -0.2) is 0 Å². The van der Waals surface area contributed by atoms with E-state index in [4.69, 9.17) is 0 Å². The minimum atomic E-state index is -0.354. The summed E-state index contributed by atoms with van der Waals surface area (Å²) in [6.07, 6.45) is 2.39. The van der Waals surface area contributed by atoms with Crippen molar-refractivity contribution < 1.29 is 9.59 Å². The third kappa shape index (κ3) is 5.72. The summed E-state index contributed by atoms with van der Waals surface area (Å²) >= 11 is 0. The number of nitrogens with one attached hydrogen (secondary N) is 1. The van der Waals surface area contributed by atoms with Crippen LogP contribution in [-0.2, 0) is 9.59 Å². The first-order chi connectivity index (χ1) is 8.81. The van der Waals surface area contributed by atoms with Gasteiger partial charge >= 0.3 is 0 Å². The number of carbonyl (C=O) groups is 2. The normalized spacial score (nSPS) is 17.1. The SMILES string of the molecule is CC(=O)C(NC(=O)CN(CC(C)C)C1CC1)C(C)C. The molecule has 1 saturated carbocycles.